The number of benzene rings is 2. The van der Waals surface area contributed by atoms with Crippen LogP contribution >= 0.6 is 0 Å². The molecule has 168 valence electrons. The Hall–Kier alpha value is -3.82. The number of hydrogen-bond acceptors (Lipinski definition) is 5. The Labute approximate surface area is 181 Å². The highest BCUT2D eigenvalue weighted by molar-refractivity contribution is 5.93. The minimum Gasteiger partial charge on any atom is -0.496 e. The van der Waals surface area contributed by atoms with Crippen molar-refractivity contribution in [1.29, 1.82) is 0 Å². The number of rotatable bonds is 5. The van der Waals surface area contributed by atoms with Gasteiger partial charge in [-0.05, 0) is 36.8 Å². The molecule has 0 aliphatic heterocycles. The van der Waals surface area contributed by atoms with Crippen LogP contribution in [0.5, 0.6) is 5.75 Å². The summed E-state index contributed by atoms with van der Waals surface area (Å²) >= 11 is 0. The molecule has 0 saturated heterocycles. The first-order valence-corrected chi connectivity index (χ1v) is 9.59. The number of halogens is 3. The molecule has 0 aliphatic rings. The fourth-order valence-corrected chi connectivity index (χ4v) is 3.37. The highest BCUT2D eigenvalue weighted by atomic mass is 19.4. The van der Waals surface area contributed by atoms with E-state index in [2.05, 4.69) is 21.6 Å². The zero-order chi connectivity index (χ0) is 23.3. The molecule has 0 spiro atoms. The lowest BCUT2D eigenvalue weighted by molar-refractivity contribution is -0.138. The number of fused-ring (bicyclic) bond motifs is 1. The summed E-state index contributed by atoms with van der Waals surface area (Å²) in [5, 5.41) is 11.8. The molecular weight excluding hydrogens is 427 g/mol. The third-order valence-electron chi connectivity index (χ3n) is 4.70. The number of ether oxygens (including phenoxy) is 1. The van der Waals surface area contributed by atoms with E-state index in [0.29, 0.717) is 5.82 Å². The minimum absolute atomic E-state index is 0.0122. The van der Waals surface area contributed by atoms with Crippen molar-refractivity contribution in [2.45, 2.75) is 26.1 Å². The Balaban J connectivity index is 0.000000913. The van der Waals surface area contributed by atoms with E-state index in [0.717, 1.165) is 35.5 Å². The van der Waals surface area contributed by atoms with Crippen LogP contribution in [0.15, 0.2) is 53.2 Å². The van der Waals surface area contributed by atoms with Gasteiger partial charge in [0, 0.05) is 34.8 Å². The zero-order valence-electron chi connectivity index (χ0n) is 17.3. The van der Waals surface area contributed by atoms with E-state index >= 15 is 0 Å². The van der Waals surface area contributed by atoms with Gasteiger partial charge < -0.3 is 18.9 Å². The highest BCUT2D eigenvalue weighted by Gasteiger charge is 2.35. The van der Waals surface area contributed by atoms with Crippen molar-refractivity contribution in [3.63, 3.8) is 0 Å². The first kappa shape index (κ1) is 22.9. The first-order chi connectivity index (χ1) is 15.3. The van der Waals surface area contributed by atoms with Crippen LogP contribution in [0.1, 0.15) is 18.9 Å². The van der Waals surface area contributed by atoms with Gasteiger partial charge in [-0.15, -0.1) is 0 Å². The van der Waals surface area contributed by atoms with Gasteiger partial charge in [0.2, 0.25) is 5.82 Å². The predicted octanol–water partition coefficient (Wildman–Crippen LogP) is 5.50. The van der Waals surface area contributed by atoms with Crippen LogP contribution in [0.3, 0.4) is 0 Å². The molecule has 7 nitrogen and oxygen atoms in total. The van der Waals surface area contributed by atoms with E-state index in [4.69, 9.17) is 19.2 Å². The normalized spacial score (nSPS) is 11.2. The van der Waals surface area contributed by atoms with Gasteiger partial charge in [0.1, 0.15) is 5.75 Å². The Kier molecular flexibility index (Phi) is 6.82. The molecule has 0 fully saturated rings. The molecule has 32 heavy (non-hydrogen) atoms. The van der Waals surface area contributed by atoms with E-state index in [1.807, 2.05) is 30.5 Å². The maximum absolute atomic E-state index is 13.3. The van der Waals surface area contributed by atoms with Crippen molar-refractivity contribution in [2.75, 3.05) is 7.11 Å². The van der Waals surface area contributed by atoms with Crippen molar-refractivity contribution in [1.82, 2.24) is 14.7 Å². The van der Waals surface area contributed by atoms with Crippen molar-refractivity contribution in [2.24, 2.45) is 0 Å². The van der Waals surface area contributed by atoms with Crippen molar-refractivity contribution in [3.05, 3.63) is 54.2 Å². The molecule has 0 aliphatic carbocycles. The number of methoxy groups -OCH3 is 1. The third kappa shape index (κ3) is 4.58. The monoisotopic (exact) mass is 447 g/mol. The second-order valence-electron chi connectivity index (χ2n) is 6.69. The predicted molar refractivity (Wildman–Crippen MR) is 111 cm³/mol. The minimum atomic E-state index is -4.56. The molecule has 1 N–H and O–H groups in total. The SMILES string of the molecule is CCCn1ccc2c(-c3noc(-c4ccc(OC)c(C(F)(F)F)c4)n3)cccc21.O=CO. The lowest BCUT2D eigenvalue weighted by Gasteiger charge is -2.12. The van der Waals surface area contributed by atoms with E-state index in [1.165, 1.54) is 19.2 Å². The summed E-state index contributed by atoms with van der Waals surface area (Å²) in [6.45, 7) is 2.74. The van der Waals surface area contributed by atoms with Crippen molar-refractivity contribution in [3.8, 4) is 28.6 Å². The number of alkyl halides is 3. The van der Waals surface area contributed by atoms with Crippen LogP contribution in [0.25, 0.3) is 33.7 Å². The van der Waals surface area contributed by atoms with Gasteiger partial charge in [-0.25, -0.2) is 0 Å². The largest absolute Gasteiger partial charge is 0.496 e. The number of hydrogen-bond donors (Lipinski definition) is 1. The molecule has 2 heterocycles. The van der Waals surface area contributed by atoms with Crippen molar-refractivity contribution < 1.29 is 32.3 Å². The van der Waals surface area contributed by atoms with Gasteiger partial charge >= 0.3 is 6.18 Å². The smallest absolute Gasteiger partial charge is 0.419 e. The topological polar surface area (TPSA) is 90.4 Å². The molecule has 2 aromatic carbocycles. The van der Waals surface area contributed by atoms with Crippen LogP contribution in [-0.2, 0) is 17.5 Å². The molecule has 0 bridgehead atoms. The molecule has 0 radical (unpaired) electrons. The Morgan fingerprint density at radius 2 is 1.97 bits per heavy atom. The average Bonchev–Trinajstić information content (AvgIpc) is 3.41. The number of carbonyl (C=O) groups is 1. The van der Waals surface area contributed by atoms with Crippen LogP contribution in [0.4, 0.5) is 13.2 Å². The zero-order valence-corrected chi connectivity index (χ0v) is 17.3. The summed E-state index contributed by atoms with van der Waals surface area (Å²) in [6.07, 6.45) is -1.56. The summed E-state index contributed by atoms with van der Waals surface area (Å²) in [6, 6.07) is 11.4. The summed E-state index contributed by atoms with van der Waals surface area (Å²) in [7, 11) is 1.19. The lowest BCUT2D eigenvalue weighted by atomic mass is 10.1. The molecule has 0 amide bonds. The van der Waals surface area contributed by atoms with Gasteiger partial charge in [-0.1, -0.05) is 24.2 Å². The van der Waals surface area contributed by atoms with E-state index in [9.17, 15) is 13.2 Å². The number of aryl methyl sites for hydroxylation is 1. The molecular formula is C22H20F3N3O4. The van der Waals surface area contributed by atoms with Gasteiger partial charge in [-0.3, -0.25) is 4.79 Å². The van der Waals surface area contributed by atoms with Gasteiger partial charge in [-0.2, -0.15) is 18.2 Å². The fraction of sp³-hybridized carbons (Fsp3) is 0.227. The van der Waals surface area contributed by atoms with Gasteiger partial charge in [0.05, 0.1) is 12.7 Å². The van der Waals surface area contributed by atoms with Gasteiger partial charge in [0.15, 0.2) is 0 Å². The third-order valence-corrected chi connectivity index (χ3v) is 4.70. The Bertz CT molecular complexity index is 1210. The van der Waals surface area contributed by atoms with Crippen LogP contribution in [0, 0.1) is 0 Å². The van der Waals surface area contributed by atoms with Gasteiger partial charge in [0.25, 0.3) is 12.4 Å². The Morgan fingerprint density at radius 1 is 1.22 bits per heavy atom. The lowest BCUT2D eigenvalue weighted by Crippen LogP contribution is -2.07. The Morgan fingerprint density at radius 3 is 2.62 bits per heavy atom. The summed E-state index contributed by atoms with van der Waals surface area (Å²) in [4.78, 5) is 12.7. The van der Waals surface area contributed by atoms with Crippen LogP contribution in [-0.4, -0.2) is 33.4 Å². The molecule has 0 saturated carbocycles. The second kappa shape index (κ2) is 9.54. The maximum atomic E-state index is 13.3. The molecule has 0 unspecified atom stereocenters. The second-order valence-corrected chi connectivity index (χ2v) is 6.69. The molecule has 0 atom stereocenters. The molecule has 2 aromatic heterocycles. The standard InChI is InChI=1S/C21H18F3N3O2.CH2O2/c1-3-10-27-11-9-14-15(5-4-6-17(14)27)19-25-20(29-26-19)13-7-8-18(28-2)16(12-13)21(22,23)24;2-1-3/h4-9,11-12H,3,10H2,1-2H3;1H,(H,2,3). The van der Waals surface area contributed by atoms with E-state index < -0.39 is 11.7 Å². The quantitative estimate of drug-likeness (QED) is 0.407. The van der Waals surface area contributed by atoms with Crippen LogP contribution < -0.4 is 4.74 Å². The van der Waals surface area contributed by atoms with E-state index in [1.54, 1.807) is 0 Å². The summed E-state index contributed by atoms with van der Waals surface area (Å²) < 4.78 is 52.1. The van der Waals surface area contributed by atoms with Crippen molar-refractivity contribution >= 4 is 17.4 Å². The molecule has 4 rings (SSSR count). The summed E-state index contributed by atoms with van der Waals surface area (Å²) in [5.74, 6) is 0.0744. The molecule has 4 aromatic rings. The molecule has 10 heteroatoms. The number of nitrogens with zero attached hydrogens (tertiary/aromatic N) is 3. The van der Waals surface area contributed by atoms with Crippen LogP contribution in [0.2, 0.25) is 0 Å². The summed E-state index contributed by atoms with van der Waals surface area (Å²) in [5.41, 5.74) is 1.08. The number of aromatic nitrogens is 3. The maximum Gasteiger partial charge on any atom is 0.419 e. The first-order valence-electron chi connectivity index (χ1n) is 9.59. The number of carboxylic acid groups (broad SMARTS) is 1. The fourth-order valence-electron chi connectivity index (χ4n) is 3.37. The van der Waals surface area contributed by atoms with E-state index in [-0.39, 0.29) is 23.7 Å². The average molecular weight is 447 g/mol. The highest BCUT2D eigenvalue weighted by Crippen LogP contribution is 2.39.